The summed E-state index contributed by atoms with van der Waals surface area (Å²) in [7, 11) is -3.11. The molecule has 0 aromatic heterocycles. The van der Waals surface area contributed by atoms with Crippen molar-refractivity contribution in [2.24, 2.45) is 5.92 Å². The van der Waals surface area contributed by atoms with Crippen LogP contribution in [-0.4, -0.2) is 46.3 Å². The van der Waals surface area contributed by atoms with Crippen LogP contribution in [0.15, 0.2) is 0 Å². The van der Waals surface area contributed by atoms with E-state index in [9.17, 15) is 13.2 Å². The van der Waals surface area contributed by atoms with Crippen molar-refractivity contribution in [2.45, 2.75) is 19.8 Å². The molecule has 1 heterocycles. The molecule has 6 nitrogen and oxygen atoms in total. The number of hydrogen-bond acceptors (Lipinski definition) is 4. The van der Waals surface area contributed by atoms with Gasteiger partial charge in [-0.3, -0.25) is 4.79 Å². The van der Waals surface area contributed by atoms with Gasteiger partial charge in [0, 0.05) is 19.6 Å². The maximum atomic E-state index is 11.6. The van der Waals surface area contributed by atoms with Crippen molar-refractivity contribution >= 4 is 28.3 Å². The number of carbonyl (C=O) groups excluding carboxylic acids is 1. The Bertz CT molecular complexity index is 342. The smallest absolute Gasteiger partial charge is 0.224 e. The number of sulfonamides is 1. The predicted molar refractivity (Wildman–Crippen MR) is 73.3 cm³/mol. The Kier molecular flexibility index (Phi) is 8.51. The van der Waals surface area contributed by atoms with Gasteiger partial charge >= 0.3 is 0 Å². The van der Waals surface area contributed by atoms with Gasteiger partial charge in [0.2, 0.25) is 15.9 Å². The van der Waals surface area contributed by atoms with E-state index in [0.717, 1.165) is 19.5 Å². The van der Waals surface area contributed by atoms with E-state index in [1.54, 1.807) is 6.92 Å². The molecule has 0 spiro atoms. The highest BCUT2D eigenvalue weighted by Gasteiger charge is 2.21. The summed E-state index contributed by atoms with van der Waals surface area (Å²) in [5, 5.41) is 5.94. The number of rotatable bonds is 7. The Hall–Kier alpha value is -0.370. The molecule has 0 aromatic carbocycles. The second-order valence-corrected chi connectivity index (χ2v) is 6.23. The van der Waals surface area contributed by atoms with Crippen LogP contribution in [0.25, 0.3) is 0 Å². The normalized spacial score (nSPS) is 19.3. The van der Waals surface area contributed by atoms with Crippen LogP contribution in [0.3, 0.4) is 0 Å². The van der Waals surface area contributed by atoms with Gasteiger partial charge in [-0.15, -0.1) is 12.4 Å². The summed E-state index contributed by atoms with van der Waals surface area (Å²) < 4.78 is 24.7. The molecule has 1 aliphatic rings. The molecular formula is C10H22ClN3O3S. The van der Waals surface area contributed by atoms with Crippen molar-refractivity contribution < 1.29 is 13.2 Å². The molecule has 0 aliphatic carbocycles. The van der Waals surface area contributed by atoms with Gasteiger partial charge in [0.1, 0.15) is 0 Å². The van der Waals surface area contributed by atoms with Crippen LogP contribution in [0.1, 0.15) is 19.8 Å². The summed E-state index contributed by atoms with van der Waals surface area (Å²) >= 11 is 0. The number of nitrogens with one attached hydrogen (secondary N) is 3. The molecule has 1 saturated heterocycles. The quantitative estimate of drug-likeness (QED) is 0.551. The average Bonchev–Trinajstić information content (AvgIpc) is 2.82. The molecule has 1 atom stereocenters. The summed E-state index contributed by atoms with van der Waals surface area (Å²) in [5.41, 5.74) is 0. The van der Waals surface area contributed by atoms with Gasteiger partial charge in [-0.05, 0) is 26.3 Å². The first kappa shape index (κ1) is 17.6. The van der Waals surface area contributed by atoms with Crippen molar-refractivity contribution in [3.63, 3.8) is 0 Å². The Morgan fingerprint density at radius 1 is 1.39 bits per heavy atom. The first-order valence-corrected chi connectivity index (χ1v) is 7.66. The summed E-state index contributed by atoms with van der Waals surface area (Å²) in [5.74, 6) is 0.225. The molecule has 1 fully saturated rings. The highest BCUT2D eigenvalue weighted by molar-refractivity contribution is 7.89. The lowest BCUT2D eigenvalue weighted by atomic mass is 10.1. The second kappa shape index (κ2) is 8.68. The highest BCUT2D eigenvalue weighted by Crippen LogP contribution is 2.06. The van der Waals surface area contributed by atoms with Crippen LogP contribution in [-0.2, 0) is 14.8 Å². The fraction of sp³-hybridized carbons (Fsp3) is 0.900. The molecule has 0 bridgehead atoms. The molecule has 1 rings (SSSR count). The van der Waals surface area contributed by atoms with E-state index in [0.29, 0.717) is 19.5 Å². The maximum absolute atomic E-state index is 11.6. The van der Waals surface area contributed by atoms with Crippen LogP contribution < -0.4 is 15.4 Å². The van der Waals surface area contributed by atoms with Crippen molar-refractivity contribution in [2.75, 3.05) is 31.9 Å². The zero-order chi connectivity index (χ0) is 12.7. The van der Waals surface area contributed by atoms with E-state index >= 15 is 0 Å². The van der Waals surface area contributed by atoms with Crippen LogP contribution in [0.5, 0.6) is 0 Å². The van der Waals surface area contributed by atoms with E-state index < -0.39 is 10.0 Å². The zero-order valence-corrected chi connectivity index (χ0v) is 12.2. The molecule has 18 heavy (non-hydrogen) atoms. The molecule has 1 aliphatic heterocycles. The van der Waals surface area contributed by atoms with Crippen LogP contribution in [0, 0.1) is 5.92 Å². The maximum Gasteiger partial charge on any atom is 0.224 e. The minimum atomic E-state index is -3.11. The summed E-state index contributed by atoms with van der Waals surface area (Å²) in [6.07, 6.45) is 1.50. The highest BCUT2D eigenvalue weighted by atomic mass is 35.5. The number of amides is 1. The standard InChI is InChI=1S/C10H21N3O3S.ClH/c1-2-17(15,16)13-6-3-5-12-10(14)9-4-7-11-8-9;/h9,11,13H,2-8H2,1H3,(H,12,14);1H. The summed E-state index contributed by atoms with van der Waals surface area (Å²) in [6.45, 7) is 4.13. The topological polar surface area (TPSA) is 87.3 Å². The van der Waals surface area contributed by atoms with Gasteiger partial charge < -0.3 is 10.6 Å². The van der Waals surface area contributed by atoms with E-state index in [1.165, 1.54) is 0 Å². The number of halogens is 1. The molecule has 108 valence electrons. The number of hydrogen-bond donors (Lipinski definition) is 3. The molecular weight excluding hydrogens is 278 g/mol. The van der Waals surface area contributed by atoms with Crippen LogP contribution in [0.4, 0.5) is 0 Å². The summed E-state index contributed by atoms with van der Waals surface area (Å²) in [6, 6.07) is 0. The van der Waals surface area contributed by atoms with E-state index in [1.807, 2.05) is 0 Å². The van der Waals surface area contributed by atoms with E-state index in [2.05, 4.69) is 15.4 Å². The molecule has 8 heteroatoms. The van der Waals surface area contributed by atoms with Gasteiger partial charge in [0.05, 0.1) is 11.7 Å². The van der Waals surface area contributed by atoms with Crippen molar-refractivity contribution in [3.05, 3.63) is 0 Å². The van der Waals surface area contributed by atoms with Gasteiger partial charge in [-0.2, -0.15) is 0 Å². The summed E-state index contributed by atoms with van der Waals surface area (Å²) in [4.78, 5) is 11.6. The Labute approximate surface area is 115 Å². The second-order valence-electron chi connectivity index (χ2n) is 4.13. The average molecular weight is 300 g/mol. The monoisotopic (exact) mass is 299 g/mol. The molecule has 1 amide bonds. The SMILES string of the molecule is CCS(=O)(=O)NCCCNC(=O)C1CCNC1.Cl. The minimum absolute atomic E-state index is 0. The molecule has 1 unspecified atom stereocenters. The lowest BCUT2D eigenvalue weighted by molar-refractivity contribution is -0.124. The van der Waals surface area contributed by atoms with Crippen molar-refractivity contribution in [3.8, 4) is 0 Å². The largest absolute Gasteiger partial charge is 0.356 e. The molecule has 0 radical (unpaired) electrons. The Morgan fingerprint density at radius 3 is 2.67 bits per heavy atom. The third kappa shape index (κ3) is 6.53. The predicted octanol–water partition coefficient (Wildman–Crippen LogP) is -0.537. The van der Waals surface area contributed by atoms with Gasteiger partial charge in [-0.1, -0.05) is 0 Å². The molecule has 3 N–H and O–H groups in total. The van der Waals surface area contributed by atoms with E-state index in [-0.39, 0.29) is 30.0 Å². The van der Waals surface area contributed by atoms with E-state index in [4.69, 9.17) is 0 Å². The lowest BCUT2D eigenvalue weighted by Crippen LogP contribution is -2.34. The fourth-order valence-corrected chi connectivity index (χ4v) is 2.31. The third-order valence-corrected chi connectivity index (χ3v) is 4.19. The van der Waals surface area contributed by atoms with Crippen LogP contribution >= 0.6 is 12.4 Å². The zero-order valence-electron chi connectivity index (χ0n) is 10.6. The molecule has 0 saturated carbocycles. The molecule has 0 aromatic rings. The fourth-order valence-electron chi connectivity index (χ4n) is 1.65. The van der Waals surface area contributed by atoms with Crippen LogP contribution in [0.2, 0.25) is 0 Å². The van der Waals surface area contributed by atoms with Gasteiger partial charge in [-0.25, -0.2) is 13.1 Å². The first-order chi connectivity index (χ1) is 8.05. The van der Waals surface area contributed by atoms with Gasteiger partial charge in [0.25, 0.3) is 0 Å². The Morgan fingerprint density at radius 2 is 2.11 bits per heavy atom. The van der Waals surface area contributed by atoms with Crippen molar-refractivity contribution in [1.82, 2.24) is 15.4 Å². The van der Waals surface area contributed by atoms with Gasteiger partial charge in [0.15, 0.2) is 0 Å². The minimum Gasteiger partial charge on any atom is -0.356 e. The lowest BCUT2D eigenvalue weighted by Gasteiger charge is -2.09. The first-order valence-electron chi connectivity index (χ1n) is 6.01. The van der Waals surface area contributed by atoms with Crippen molar-refractivity contribution in [1.29, 1.82) is 0 Å². The Balaban J connectivity index is 0.00000289. The number of carbonyl (C=O) groups is 1. The third-order valence-electron chi connectivity index (χ3n) is 2.79.